The van der Waals surface area contributed by atoms with Gasteiger partial charge in [-0.15, -0.1) is 0 Å². The molecule has 1 aromatic carbocycles. The van der Waals surface area contributed by atoms with Gasteiger partial charge in [-0.05, 0) is 38.9 Å². The summed E-state index contributed by atoms with van der Waals surface area (Å²) >= 11 is 6.06. The Bertz CT molecular complexity index is 391. The van der Waals surface area contributed by atoms with Crippen molar-refractivity contribution in [3.63, 3.8) is 0 Å². The highest BCUT2D eigenvalue weighted by atomic mass is 35.5. The summed E-state index contributed by atoms with van der Waals surface area (Å²) in [5, 5.41) is 0.488. The van der Waals surface area contributed by atoms with Gasteiger partial charge in [-0.2, -0.15) is 0 Å². The third-order valence-corrected chi connectivity index (χ3v) is 3.29. The van der Waals surface area contributed by atoms with Gasteiger partial charge in [0, 0.05) is 18.2 Å². The molecule has 0 amide bonds. The molecule has 0 unspecified atom stereocenters. The number of ether oxygens (including phenoxy) is 1. The standard InChI is InChI=1S/C13H17ClFNO/c1-2-17-13-8-12(15)10(7-11(13)14)9-16-5-3-4-6-16/h7-8H,2-6,9H2,1H3. The summed E-state index contributed by atoms with van der Waals surface area (Å²) in [6.07, 6.45) is 2.40. The van der Waals surface area contributed by atoms with Crippen LogP contribution < -0.4 is 4.74 Å². The minimum atomic E-state index is -0.232. The molecular weight excluding hydrogens is 241 g/mol. The van der Waals surface area contributed by atoms with E-state index in [1.165, 1.54) is 18.9 Å². The Morgan fingerprint density at radius 3 is 2.71 bits per heavy atom. The molecule has 0 N–H and O–H groups in total. The van der Waals surface area contributed by atoms with E-state index in [4.69, 9.17) is 16.3 Å². The fourth-order valence-electron chi connectivity index (χ4n) is 2.14. The van der Waals surface area contributed by atoms with E-state index >= 15 is 0 Å². The molecule has 1 saturated heterocycles. The Kier molecular flexibility index (Phi) is 4.24. The molecule has 94 valence electrons. The van der Waals surface area contributed by atoms with Crippen molar-refractivity contribution < 1.29 is 9.13 Å². The maximum Gasteiger partial charge on any atom is 0.140 e. The van der Waals surface area contributed by atoms with E-state index in [0.717, 1.165) is 13.1 Å². The second-order valence-electron chi connectivity index (χ2n) is 4.29. The first-order valence-electron chi connectivity index (χ1n) is 6.03. The topological polar surface area (TPSA) is 12.5 Å². The van der Waals surface area contributed by atoms with Crippen LogP contribution in [0, 0.1) is 5.82 Å². The van der Waals surface area contributed by atoms with Gasteiger partial charge in [0.1, 0.15) is 11.6 Å². The van der Waals surface area contributed by atoms with E-state index in [9.17, 15) is 4.39 Å². The fraction of sp³-hybridized carbons (Fsp3) is 0.538. The minimum Gasteiger partial charge on any atom is -0.492 e. The number of hydrogen-bond donors (Lipinski definition) is 0. The Labute approximate surface area is 106 Å². The smallest absolute Gasteiger partial charge is 0.140 e. The van der Waals surface area contributed by atoms with Crippen molar-refractivity contribution in [2.45, 2.75) is 26.3 Å². The van der Waals surface area contributed by atoms with Crippen molar-refractivity contribution in [3.8, 4) is 5.75 Å². The highest BCUT2D eigenvalue weighted by molar-refractivity contribution is 6.32. The van der Waals surface area contributed by atoms with Crippen LogP contribution in [0.5, 0.6) is 5.75 Å². The van der Waals surface area contributed by atoms with Crippen molar-refractivity contribution in [1.29, 1.82) is 0 Å². The summed E-state index contributed by atoms with van der Waals surface area (Å²) in [6.45, 7) is 5.07. The monoisotopic (exact) mass is 257 g/mol. The number of nitrogens with zero attached hydrogens (tertiary/aromatic N) is 1. The van der Waals surface area contributed by atoms with E-state index in [1.54, 1.807) is 6.07 Å². The first kappa shape index (κ1) is 12.7. The van der Waals surface area contributed by atoms with E-state index in [-0.39, 0.29) is 5.82 Å². The lowest BCUT2D eigenvalue weighted by Gasteiger charge is -2.16. The number of hydrogen-bond acceptors (Lipinski definition) is 2. The average molecular weight is 258 g/mol. The first-order valence-corrected chi connectivity index (χ1v) is 6.41. The number of halogens is 2. The van der Waals surface area contributed by atoms with Gasteiger partial charge in [0.05, 0.1) is 11.6 Å². The Morgan fingerprint density at radius 1 is 1.35 bits per heavy atom. The predicted octanol–water partition coefficient (Wildman–Crippen LogP) is 3.47. The molecule has 1 aromatic rings. The minimum absolute atomic E-state index is 0.232. The van der Waals surface area contributed by atoms with Crippen LogP contribution in [0.25, 0.3) is 0 Å². The van der Waals surface area contributed by atoms with Crippen LogP contribution >= 0.6 is 11.6 Å². The van der Waals surface area contributed by atoms with Gasteiger partial charge in [-0.25, -0.2) is 4.39 Å². The summed E-state index contributed by atoms with van der Waals surface area (Å²) in [5.74, 6) is 0.196. The maximum atomic E-state index is 13.8. The van der Waals surface area contributed by atoms with Gasteiger partial charge in [0.15, 0.2) is 0 Å². The average Bonchev–Trinajstić information content (AvgIpc) is 2.78. The third-order valence-electron chi connectivity index (χ3n) is 2.99. The van der Waals surface area contributed by atoms with Crippen LogP contribution in [0.15, 0.2) is 12.1 Å². The zero-order valence-corrected chi connectivity index (χ0v) is 10.8. The van der Waals surface area contributed by atoms with Crippen LogP contribution in [-0.2, 0) is 6.54 Å². The molecule has 1 aliphatic heterocycles. The molecule has 0 aromatic heterocycles. The second kappa shape index (κ2) is 5.69. The lowest BCUT2D eigenvalue weighted by atomic mass is 10.2. The van der Waals surface area contributed by atoms with Crippen LogP contribution in [0.1, 0.15) is 25.3 Å². The maximum absolute atomic E-state index is 13.8. The van der Waals surface area contributed by atoms with Gasteiger partial charge >= 0.3 is 0 Å². The zero-order valence-electron chi connectivity index (χ0n) is 10.0. The van der Waals surface area contributed by atoms with Crippen molar-refractivity contribution in [2.75, 3.05) is 19.7 Å². The highest BCUT2D eigenvalue weighted by Crippen LogP contribution is 2.28. The molecule has 0 atom stereocenters. The molecule has 0 bridgehead atoms. The Hall–Kier alpha value is -0.800. The van der Waals surface area contributed by atoms with Crippen molar-refractivity contribution >= 4 is 11.6 Å². The van der Waals surface area contributed by atoms with Gasteiger partial charge in [0.2, 0.25) is 0 Å². The van der Waals surface area contributed by atoms with Gasteiger partial charge < -0.3 is 4.74 Å². The Morgan fingerprint density at radius 2 is 2.06 bits per heavy atom. The fourth-order valence-corrected chi connectivity index (χ4v) is 2.38. The summed E-state index contributed by atoms with van der Waals surface area (Å²) < 4.78 is 19.1. The molecule has 0 aliphatic carbocycles. The van der Waals surface area contributed by atoms with Gasteiger partial charge in [-0.1, -0.05) is 11.6 Å². The summed E-state index contributed by atoms with van der Waals surface area (Å²) in [5.41, 5.74) is 0.653. The normalized spacial score (nSPS) is 16.4. The third kappa shape index (κ3) is 3.11. The Balaban J connectivity index is 2.14. The van der Waals surface area contributed by atoms with Crippen LogP contribution in [-0.4, -0.2) is 24.6 Å². The molecule has 0 saturated carbocycles. The van der Waals surface area contributed by atoms with Crippen LogP contribution in [0.2, 0.25) is 5.02 Å². The summed E-state index contributed by atoms with van der Waals surface area (Å²) in [7, 11) is 0. The summed E-state index contributed by atoms with van der Waals surface area (Å²) in [4.78, 5) is 2.25. The van der Waals surface area contributed by atoms with Gasteiger partial charge in [-0.3, -0.25) is 4.90 Å². The zero-order chi connectivity index (χ0) is 12.3. The molecular formula is C13H17ClFNO. The number of benzene rings is 1. The molecule has 2 rings (SSSR count). The molecule has 1 heterocycles. The predicted molar refractivity (Wildman–Crippen MR) is 67.1 cm³/mol. The van der Waals surface area contributed by atoms with Crippen LogP contribution in [0.4, 0.5) is 4.39 Å². The van der Waals surface area contributed by atoms with Crippen molar-refractivity contribution in [1.82, 2.24) is 4.90 Å². The lowest BCUT2D eigenvalue weighted by Crippen LogP contribution is -2.19. The molecule has 1 fully saturated rings. The van der Waals surface area contributed by atoms with Crippen molar-refractivity contribution in [2.24, 2.45) is 0 Å². The lowest BCUT2D eigenvalue weighted by molar-refractivity contribution is 0.321. The van der Waals surface area contributed by atoms with Gasteiger partial charge in [0.25, 0.3) is 0 Å². The molecule has 1 aliphatic rings. The quantitative estimate of drug-likeness (QED) is 0.819. The van der Waals surface area contributed by atoms with E-state index in [1.807, 2.05) is 6.92 Å². The summed E-state index contributed by atoms with van der Waals surface area (Å²) in [6, 6.07) is 3.07. The first-order chi connectivity index (χ1) is 8.20. The van der Waals surface area contributed by atoms with E-state index in [0.29, 0.717) is 29.5 Å². The molecule has 17 heavy (non-hydrogen) atoms. The van der Waals surface area contributed by atoms with Crippen molar-refractivity contribution in [3.05, 3.63) is 28.5 Å². The molecule has 0 spiro atoms. The number of likely N-dealkylation sites (tertiary alicyclic amines) is 1. The SMILES string of the molecule is CCOc1cc(F)c(CN2CCCC2)cc1Cl. The highest BCUT2D eigenvalue weighted by Gasteiger charge is 2.16. The van der Waals surface area contributed by atoms with E-state index < -0.39 is 0 Å². The van der Waals surface area contributed by atoms with E-state index in [2.05, 4.69) is 4.90 Å². The second-order valence-corrected chi connectivity index (χ2v) is 4.70. The number of rotatable bonds is 4. The molecule has 2 nitrogen and oxygen atoms in total. The molecule has 0 radical (unpaired) electrons. The molecule has 4 heteroatoms. The van der Waals surface area contributed by atoms with Crippen LogP contribution in [0.3, 0.4) is 0 Å². The largest absolute Gasteiger partial charge is 0.492 e.